The molecule has 3 aromatic rings. The van der Waals surface area contributed by atoms with Gasteiger partial charge < -0.3 is 15.2 Å². The van der Waals surface area contributed by atoms with Crippen LogP contribution in [0.4, 0.5) is 13.2 Å². The monoisotopic (exact) mass is 433 g/mol. The van der Waals surface area contributed by atoms with Crippen molar-refractivity contribution in [1.29, 1.82) is 0 Å². The summed E-state index contributed by atoms with van der Waals surface area (Å²) in [6.07, 6.45) is -3.30. The molecule has 0 radical (unpaired) electrons. The van der Waals surface area contributed by atoms with Crippen molar-refractivity contribution in [1.82, 2.24) is 24.8 Å². The predicted molar refractivity (Wildman–Crippen MR) is 109 cm³/mol. The third-order valence-corrected chi connectivity index (χ3v) is 5.58. The molecular formula is C21H22F3N5O2. The zero-order valence-electron chi connectivity index (χ0n) is 17.1. The molecule has 4 rings (SSSR count). The Morgan fingerprint density at radius 2 is 1.84 bits per heavy atom. The van der Waals surface area contributed by atoms with E-state index in [1.807, 2.05) is 7.05 Å². The summed E-state index contributed by atoms with van der Waals surface area (Å²) in [5, 5.41) is 6.40. The highest BCUT2D eigenvalue weighted by Gasteiger charge is 2.39. The average molecular weight is 433 g/mol. The van der Waals surface area contributed by atoms with E-state index in [4.69, 9.17) is 0 Å². The van der Waals surface area contributed by atoms with Crippen LogP contribution in [0.15, 0.2) is 35.1 Å². The molecular weight excluding hydrogens is 411 g/mol. The van der Waals surface area contributed by atoms with E-state index in [1.165, 1.54) is 19.1 Å². The first kappa shape index (κ1) is 21.1. The van der Waals surface area contributed by atoms with Crippen LogP contribution in [0, 0.1) is 6.92 Å². The number of carbonyl (C=O) groups is 1. The van der Waals surface area contributed by atoms with E-state index in [1.54, 1.807) is 18.2 Å². The van der Waals surface area contributed by atoms with E-state index >= 15 is 0 Å². The van der Waals surface area contributed by atoms with Crippen molar-refractivity contribution in [3.63, 3.8) is 0 Å². The van der Waals surface area contributed by atoms with Gasteiger partial charge in [-0.25, -0.2) is 0 Å². The van der Waals surface area contributed by atoms with Gasteiger partial charge in [-0.3, -0.25) is 9.59 Å². The van der Waals surface area contributed by atoms with Crippen LogP contribution >= 0.6 is 0 Å². The zero-order chi connectivity index (χ0) is 22.3. The predicted octanol–water partition coefficient (Wildman–Crippen LogP) is 2.84. The molecule has 7 nitrogen and oxygen atoms in total. The van der Waals surface area contributed by atoms with Crippen molar-refractivity contribution in [2.24, 2.45) is 0 Å². The summed E-state index contributed by atoms with van der Waals surface area (Å²) in [5.74, 6) is -0.611. The van der Waals surface area contributed by atoms with E-state index in [-0.39, 0.29) is 34.1 Å². The van der Waals surface area contributed by atoms with Gasteiger partial charge in [0.2, 0.25) is 0 Å². The second-order valence-electron chi connectivity index (χ2n) is 7.83. The number of aromatic amines is 1. The van der Waals surface area contributed by atoms with Crippen molar-refractivity contribution < 1.29 is 18.0 Å². The normalized spacial score (nSPS) is 16.0. The van der Waals surface area contributed by atoms with Crippen LogP contribution in [-0.4, -0.2) is 51.6 Å². The third-order valence-electron chi connectivity index (χ3n) is 5.58. The summed E-state index contributed by atoms with van der Waals surface area (Å²) in [6.45, 7) is 3.13. The highest BCUT2D eigenvalue weighted by molar-refractivity contribution is 5.95. The number of nitrogens with one attached hydrogen (secondary N) is 2. The number of likely N-dealkylation sites (tertiary alicyclic amines) is 1. The average Bonchev–Trinajstić information content (AvgIpc) is 3.10. The number of hydrogen-bond acceptors (Lipinski definition) is 4. The highest BCUT2D eigenvalue weighted by atomic mass is 19.4. The maximum absolute atomic E-state index is 13.7. The number of aromatic nitrogens is 3. The van der Waals surface area contributed by atoms with Crippen molar-refractivity contribution in [3.8, 4) is 11.1 Å². The van der Waals surface area contributed by atoms with E-state index in [0.29, 0.717) is 4.52 Å². The number of fused-ring (bicyclic) bond motifs is 1. The molecule has 1 amide bonds. The van der Waals surface area contributed by atoms with Gasteiger partial charge in [-0.2, -0.15) is 22.8 Å². The lowest BCUT2D eigenvalue weighted by molar-refractivity contribution is -0.140. The van der Waals surface area contributed by atoms with Gasteiger partial charge in [-0.1, -0.05) is 30.3 Å². The number of hydrogen-bond donors (Lipinski definition) is 2. The quantitative estimate of drug-likeness (QED) is 0.666. The van der Waals surface area contributed by atoms with Gasteiger partial charge in [0.15, 0.2) is 5.69 Å². The number of aryl methyl sites for hydroxylation is 1. The fourth-order valence-corrected chi connectivity index (χ4v) is 3.94. The molecule has 0 saturated carbocycles. The van der Waals surface area contributed by atoms with Crippen molar-refractivity contribution in [2.75, 3.05) is 20.1 Å². The number of amides is 1. The number of nitrogens with zero attached hydrogens (tertiary/aromatic N) is 3. The van der Waals surface area contributed by atoms with Crippen molar-refractivity contribution in [2.45, 2.75) is 32.0 Å². The summed E-state index contributed by atoms with van der Waals surface area (Å²) in [5.41, 5.74) is -2.17. The maximum Gasteiger partial charge on any atom is 0.435 e. The molecule has 2 N–H and O–H groups in total. The number of halogens is 3. The summed E-state index contributed by atoms with van der Waals surface area (Å²) in [7, 11) is 1.99. The molecule has 1 aliphatic rings. The van der Waals surface area contributed by atoms with Gasteiger partial charge in [-0.05, 0) is 45.5 Å². The lowest BCUT2D eigenvalue weighted by Crippen LogP contribution is -2.45. The zero-order valence-corrected chi connectivity index (χ0v) is 17.1. The van der Waals surface area contributed by atoms with Gasteiger partial charge in [-0.15, -0.1) is 0 Å². The molecule has 1 fully saturated rings. The molecule has 0 bridgehead atoms. The highest BCUT2D eigenvalue weighted by Crippen LogP contribution is 2.38. The molecule has 0 spiro atoms. The molecule has 10 heteroatoms. The van der Waals surface area contributed by atoms with Gasteiger partial charge in [0.1, 0.15) is 11.2 Å². The summed E-state index contributed by atoms with van der Waals surface area (Å²) < 4.78 is 41.8. The SMILES string of the molecule is Cc1[nH]c2c(-c3ccccc3)c(C(F)(F)F)nn2c(=O)c1C(=O)NC1CCN(C)CC1. The van der Waals surface area contributed by atoms with E-state index in [0.717, 1.165) is 25.9 Å². The van der Waals surface area contributed by atoms with Crippen LogP contribution in [0.1, 0.15) is 34.6 Å². The summed E-state index contributed by atoms with van der Waals surface area (Å²) in [6, 6.07) is 7.82. The molecule has 1 aromatic carbocycles. The van der Waals surface area contributed by atoms with Gasteiger partial charge >= 0.3 is 6.18 Å². The molecule has 2 aromatic heterocycles. The van der Waals surface area contributed by atoms with Gasteiger partial charge in [0.05, 0.1) is 5.56 Å². The standard InChI is InChI=1S/C21H22F3N5O2/c1-12-15(19(30)26-14-8-10-28(2)11-9-14)20(31)29-18(25-12)16(13-6-4-3-5-7-13)17(27-29)21(22,23)24/h3-7,14,25H,8-11H2,1-2H3,(H,26,30). The fourth-order valence-electron chi connectivity index (χ4n) is 3.94. The Morgan fingerprint density at radius 1 is 1.19 bits per heavy atom. The Bertz CT molecular complexity index is 1180. The molecule has 0 unspecified atom stereocenters. The van der Waals surface area contributed by atoms with Crippen molar-refractivity contribution in [3.05, 3.63) is 57.6 Å². The Labute approximate surface area is 175 Å². The lowest BCUT2D eigenvalue weighted by atomic mass is 10.0. The minimum Gasteiger partial charge on any atom is -0.349 e. The van der Waals surface area contributed by atoms with Crippen molar-refractivity contribution >= 4 is 11.6 Å². The molecule has 164 valence electrons. The maximum atomic E-state index is 13.7. The fraction of sp³-hybridized carbons (Fsp3) is 0.381. The number of piperidine rings is 1. The third kappa shape index (κ3) is 3.95. The van der Waals surface area contributed by atoms with Crippen LogP contribution in [0.25, 0.3) is 16.8 Å². The first-order chi connectivity index (χ1) is 14.7. The van der Waals surface area contributed by atoms with Gasteiger partial charge in [0.25, 0.3) is 11.5 Å². The summed E-state index contributed by atoms with van der Waals surface area (Å²) >= 11 is 0. The number of carbonyl (C=O) groups excluding carboxylic acids is 1. The molecule has 1 saturated heterocycles. The molecule has 0 atom stereocenters. The van der Waals surface area contributed by atoms with Gasteiger partial charge in [0, 0.05) is 11.7 Å². The topological polar surface area (TPSA) is 82.5 Å². The number of rotatable bonds is 3. The number of alkyl halides is 3. The molecule has 1 aliphatic heterocycles. The van der Waals surface area contributed by atoms with Crippen LogP contribution in [0.3, 0.4) is 0 Å². The number of H-pyrrole nitrogens is 1. The van der Waals surface area contributed by atoms with Crippen LogP contribution in [0.2, 0.25) is 0 Å². The summed E-state index contributed by atoms with van der Waals surface area (Å²) in [4.78, 5) is 30.8. The molecule has 31 heavy (non-hydrogen) atoms. The smallest absolute Gasteiger partial charge is 0.349 e. The lowest BCUT2D eigenvalue weighted by Gasteiger charge is -2.29. The molecule has 0 aliphatic carbocycles. The second kappa shape index (κ2) is 7.84. The molecule has 3 heterocycles. The largest absolute Gasteiger partial charge is 0.435 e. The van der Waals surface area contributed by atoms with Crippen LogP contribution in [-0.2, 0) is 6.18 Å². The van der Waals surface area contributed by atoms with E-state index < -0.39 is 23.3 Å². The van der Waals surface area contributed by atoms with Crippen LogP contribution < -0.4 is 10.9 Å². The first-order valence-corrected chi connectivity index (χ1v) is 9.94. The van der Waals surface area contributed by atoms with Crippen LogP contribution in [0.5, 0.6) is 0 Å². The first-order valence-electron chi connectivity index (χ1n) is 9.94. The Hall–Kier alpha value is -3.14. The second-order valence-corrected chi connectivity index (χ2v) is 7.83. The Balaban J connectivity index is 1.82. The Kier molecular flexibility index (Phi) is 5.34. The Morgan fingerprint density at radius 3 is 2.45 bits per heavy atom. The minimum absolute atomic E-state index is 0.0959. The number of benzene rings is 1. The van der Waals surface area contributed by atoms with E-state index in [2.05, 4.69) is 20.3 Å². The minimum atomic E-state index is -4.78. The van der Waals surface area contributed by atoms with E-state index in [9.17, 15) is 22.8 Å².